The molecular weight excluding hydrogens is 348 g/mol. The maximum Gasteiger partial charge on any atom is 0.253 e. The molecular formula is C20H22N2O3S. The van der Waals surface area contributed by atoms with E-state index in [2.05, 4.69) is 5.32 Å². The van der Waals surface area contributed by atoms with Crippen LogP contribution in [0.1, 0.15) is 23.2 Å². The molecule has 2 aromatic rings. The van der Waals surface area contributed by atoms with Crippen molar-refractivity contribution in [3.8, 4) is 5.75 Å². The number of benzene rings is 2. The van der Waals surface area contributed by atoms with Crippen LogP contribution in [0.3, 0.4) is 0 Å². The van der Waals surface area contributed by atoms with Crippen LogP contribution in [-0.4, -0.2) is 42.7 Å². The number of carbonyl (C=O) groups is 2. The van der Waals surface area contributed by atoms with Gasteiger partial charge in [-0.15, -0.1) is 11.8 Å². The number of methoxy groups -OCH3 is 1. The van der Waals surface area contributed by atoms with E-state index in [4.69, 9.17) is 4.74 Å². The fraction of sp³-hybridized carbons (Fsp3) is 0.300. The van der Waals surface area contributed by atoms with Crippen LogP contribution in [0, 0.1) is 0 Å². The molecule has 1 aliphatic rings. The van der Waals surface area contributed by atoms with E-state index < -0.39 is 0 Å². The van der Waals surface area contributed by atoms with Crippen LogP contribution in [0.4, 0.5) is 5.69 Å². The zero-order valence-electron chi connectivity index (χ0n) is 14.7. The summed E-state index contributed by atoms with van der Waals surface area (Å²) < 4.78 is 5.18. The van der Waals surface area contributed by atoms with E-state index in [1.807, 2.05) is 29.2 Å². The topological polar surface area (TPSA) is 58.6 Å². The zero-order valence-corrected chi connectivity index (χ0v) is 15.6. The van der Waals surface area contributed by atoms with Gasteiger partial charge in [0.2, 0.25) is 5.91 Å². The Balaban J connectivity index is 1.51. The maximum absolute atomic E-state index is 12.3. The van der Waals surface area contributed by atoms with Crippen LogP contribution in [0.25, 0.3) is 0 Å². The molecule has 3 rings (SSSR count). The fourth-order valence-electron chi connectivity index (χ4n) is 2.84. The number of hydrogen-bond acceptors (Lipinski definition) is 4. The van der Waals surface area contributed by atoms with Crippen molar-refractivity contribution < 1.29 is 14.3 Å². The van der Waals surface area contributed by atoms with Crippen LogP contribution in [0.2, 0.25) is 0 Å². The Kier molecular flexibility index (Phi) is 6.17. The molecule has 2 amide bonds. The van der Waals surface area contributed by atoms with Crippen molar-refractivity contribution in [3.05, 3.63) is 54.1 Å². The number of carbonyl (C=O) groups excluding carboxylic acids is 2. The Hall–Kier alpha value is -2.47. The second kappa shape index (κ2) is 8.76. The maximum atomic E-state index is 12.3. The van der Waals surface area contributed by atoms with Crippen molar-refractivity contribution >= 4 is 29.3 Å². The molecule has 0 aromatic heterocycles. The highest BCUT2D eigenvalue weighted by Gasteiger charge is 2.19. The van der Waals surface area contributed by atoms with Crippen LogP contribution in [0.15, 0.2) is 53.4 Å². The lowest BCUT2D eigenvalue weighted by atomic mass is 10.2. The van der Waals surface area contributed by atoms with Crippen molar-refractivity contribution in [2.45, 2.75) is 17.7 Å². The number of thioether (sulfide) groups is 1. The van der Waals surface area contributed by atoms with Crippen molar-refractivity contribution in [1.29, 1.82) is 0 Å². The minimum absolute atomic E-state index is 0.0638. The molecule has 1 aliphatic heterocycles. The minimum Gasteiger partial charge on any atom is -0.497 e. The summed E-state index contributed by atoms with van der Waals surface area (Å²) in [5.41, 5.74) is 1.36. The summed E-state index contributed by atoms with van der Waals surface area (Å²) in [5.74, 6) is 1.06. The highest BCUT2D eigenvalue weighted by atomic mass is 32.2. The normalized spacial score (nSPS) is 13.5. The molecule has 136 valence electrons. The molecule has 1 fully saturated rings. The number of anilines is 1. The van der Waals surface area contributed by atoms with Gasteiger partial charge < -0.3 is 15.0 Å². The van der Waals surface area contributed by atoms with Gasteiger partial charge in [-0.1, -0.05) is 6.07 Å². The number of ether oxygens (including phenoxy) is 1. The van der Waals surface area contributed by atoms with Gasteiger partial charge in [0.15, 0.2) is 0 Å². The average Bonchev–Trinajstić information content (AvgIpc) is 3.21. The van der Waals surface area contributed by atoms with Crippen molar-refractivity contribution in [3.63, 3.8) is 0 Å². The fourth-order valence-corrected chi connectivity index (χ4v) is 3.58. The van der Waals surface area contributed by atoms with Gasteiger partial charge in [-0.3, -0.25) is 9.59 Å². The van der Waals surface area contributed by atoms with Gasteiger partial charge in [0.1, 0.15) is 5.75 Å². The molecule has 0 unspecified atom stereocenters. The highest BCUT2D eigenvalue weighted by molar-refractivity contribution is 8.00. The van der Waals surface area contributed by atoms with E-state index in [1.54, 1.807) is 31.4 Å². The van der Waals surface area contributed by atoms with E-state index in [-0.39, 0.29) is 11.8 Å². The lowest BCUT2D eigenvalue weighted by molar-refractivity contribution is -0.113. The Morgan fingerprint density at radius 2 is 1.85 bits per heavy atom. The predicted octanol–water partition coefficient (Wildman–Crippen LogP) is 3.66. The molecule has 0 atom stereocenters. The van der Waals surface area contributed by atoms with E-state index in [0.717, 1.165) is 36.6 Å². The van der Waals surface area contributed by atoms with Gasteiger partial charge in [-0.25, -0.2) is 0 Å². The zero-order chi connectivity index (χ0) is 18.4. The molecule has 0 radical (unpaired) electrons. The Morgan fingerprint density at radius 1 is 1.12 bits per heavy atom. The first kappa shape index (κ1) is 18.3. The van der Waals surface area contributed by atoms with E-state index >= 15 is 0 Å². The Labute approximate surface area is 157 Å². The molecule has 6 heteroatoms. The number of amides is 2. The molecule has 0 bridgehead atoms. The lowest BCUT2D eigenvalue weighted by Crippen LogP contribution is -2.27. The molecule has 0 aliphatic carbocycles. The van der Waals surface area contributed by atoms with Crippen molar-refractivity contribution in [2.24, 2.45) is 0 Å². The molecule has 0 spiro atoms. The summed E-state index contributed by atoms with van der Waals surface area (Å²) in [4.78, 5) is 27.3. The third kappa shape index (κ3) is 4.79. The summed E-state index contributed by atoms with van der Waals surface area (Å²) in [6.45, 7) is 1.66. The van der Waals surface area contributed by atoms with Gasteiger partial charge >= 0.3 is 0 Å². The number of nitrogens with one attached hydrogen (secondary N) is 1. The molecule has 5 nitrogen and oxygen atoms in total. The lowest BCUT2D eigenvalue weighted by Gasteiger charge is -2.15. The second-order valence-corrected chi connectivity index (χ2v) is 7.14. The monoisotopic (exact) mass is 370 g/mol. The summed E-state index contributed by atoms with van der Waals surface area (Å²) in [5, 5.41) is 2.86. The van der Waals surface area contributed by atoms with Crippen LogP contribution in [-0.2, 0) is 4.79 Å². The van der Waals surface area contributed by atoms with Gasteiger partial charge in [-0.2, -0.15) is 0 Å². The first-order valence-electron chi connectivity index (χ1n) is 8.62. The SMILES string of the molecule is COc1cccc(SCC(=O)Nc2ccc(C(=O)N3CCCC3)cc2)c1. The third-order valence-corrected chi connectivity index (χ3v) is 5.21. The summed E-state index contributed by atoms with van der Waals surface area (Å²) in [6, 6.07) is 14.7. The first-order chi connectivity index (χ1) is 12.7. The first-order valence-corrected chi connectivity index (χ1v) is 9.60. The van der Waals surface area contributed by atoms with Gasteiger partial charge in [0, 0.05) is 29.2 Å². The quantitative estimate of drug-likeness (QED) is 0.789. The number of nitrogens with zero attached hydrogens (tertiary/aromatic N) is 1. The molecule has 26 heavy (non-hydrogen) atoms. The summed E-state index contributed by atoms with van der Waals surface area (Å²) in [6.07, 6.45) is 2.15. The smallest absolute Gasteiger partial charge is 0.253 e. The molecule has 1 N–H and O–H groups in total. The molecule has 1 heterocycles. The van der Waals surface area contributed by atoms with Crippen LogP contribution in [0.5, 0.6) is 5.75 Å². The van der Waals surface area contributed by atoms with Crippen molar-refractivity contribution in [1.82, 2.24) is 4.90 Å². The van der Waals surface area contributed by atoms with Crippen LogP contribution >= 0.6 is 11.8 Å². The standard InChI is InChI=1S/C20H22N2O3S/c1-25-17-5-4-6-18(13-17)26-14-19(23)21-16-9-7-15(8-10-16)20(24)22-11-2-3-12-22/h4-10,13H,2-3,11-12,14H2,1H3,(H,21,23). The number of likely N-dealkylation sites (tertiary alicyclic amines) is 1. The largest absolute Gasteiger partial charge is 0.497 e. The van der Waals surface area contributed by atoms with Gasteiger partial charge in [-0.05, 0) is 55.3 Å². The summed E-state index contributed by atoms with van der Waals surface area (Å²) in [7, 11) is 1.62. The Bertz CT molecular complexity index is 771. The minimum atomic E-state index is -0.0866. The third-order valence-electron chi connectivity index (χ3n) is 4.22. The predicted molar refractivity (Wildman–Crippen MR) is 104 cm³/mol. The molecule has 0 saturated carbocycles. The highest BCUT2D eigenvalue weighted by Crippen LogP contribution is 2.23. The van der Waals surface area contributed by atoms with E-state index in [9.17, 15) is 9.59 Å². The van der Waals surface area contributed by atoms with Gasteiger partial charge in [0.25, 0.3) is 5.91 Å². The van der Waals surface area contributed by atoms with Crippen LogP contribution < -0.4 is 10.1 Å². The molecule has 1 saturated heterocycles. The van der Waals surface area contributed by atoms with Crippen molar-refractivity contribution in [2.75, 3.05) is 31.3 Å². The molecule has 2 aromatic carbocycles. The number of hydrogen-bond donors (Lipinski definition) is 1. The average molecular weight is 370 g/mol. The van der Waals surface area contributed by atoms with Gasteiger partial charge in [0.05, 0.1) is 12.9 Å². The van der Waals surface area contributed by atoms with E-state index in [1.165, 1.54) is 11.8 Å². The van der Waals surface area contributed by atoms with E-state index in [0.29, 0.717) is 17.0 Å². The second-order valence-electron chi connectivity index (χ2n) is 6.09. The number of rotatable bonds is 6. The Morgan fingerprint density at radius 3 is 2.54 bits per heavy atom. The summed E-state index contributed by atoms with van der Waals surface area (Å²) >= 11 is 1.45.